The van der Waals surface area contributed by atoms with Crippen molar-refractivity contribution < 1.29 is 4.92 Å². The van der Waals surface area contributed by atoms with E-state index in [0.717, 1.165) is 11.5 Å². The molecular formula is C12H14N4O2. The third kappa shape index (κ3) is 2.17. The first-order valence-corrected chi connectivity index (χ1v) is 5.48. The van der Waals surface area contributed by atoms with E-state index in [-0.39, 0.29) is 5.69 Å². The highest BCUT2D eigenvalue weighted by Crippen LogP contribution is 2.20. The van der Waals surface area contributed by atoms with Crippen LogP contribution >= 0.6 is 0 Å². The summed E-state index contributed by atoms with van der Waals surface area (Å²) in [5.41, 5.74) is 1.68. The van der Waals surface area contributed by atoms with Gasteiger partial charge in [0.1, 0.15) is 0 Å². The minimum Gasteiger partial charge on any atom is -0.361 e. The number of hydrogen-bond donors (Lipinski definition) is 0. The average Bonchev–Trinajstić information content (AvgIpc) is 2.72. The van der Waals surface area contributed by atoms with Gasteiger partial charge in [-0.15, -0.1) is 0 Å². The van der Waals surface area contributed by atoms with Gasteiger partial charge in [0.05, 0.1) is 10.6 Å². The fourth-order valence-corrected chi connectivity index (χ4v) is 1.68. The first kappa shape index (κ1) is 12.1. The van der Waals surface area contributed by atoms with Crippen LogP contribution in [-0.2, 0) is 0 Å². The molecule has 0 bridgehead atoms. The van der Waals surface area contributed by atoms with Crippen molar-refractivity contribution >= 4 is 11.5 Å². The zero-order valence-electron chi connectivity index (χ0n) is 10.5. The molecule has 94 valence electrons. The summed E-state index contributed by atoms with van der Waals surface area (Å²) in [4.78, 5) is 12.2. The van der Waals surface area contributed by atoms with Crippen LogP contribution in [-0.4, -0.2) is 28.8 Å². The molecule has 6 heteroatoms. The lowest BCUT2D eigenvalue weighted by Crippen LogP contribution is -2.10. The lowest BCUT2D eigenvalue weighted by Gasteiger charge is -2.07. The molecular weight excluding hydrogens is 232 g/mol. The number of aryl methyl sites for hydroxylation is 1. The first-order valence-electron chi connectivity index (χ1n) is 5.48. The second-order valence-corrected chi connectivity index (χ2v) is 4.23. The molecule has 1 aromatic heterocycles. The average molecular weight is 246 g/mol. The molecule has 18 heavy (non-hydrogen) atoms. The number of nitro benzene ring substituents is 1. The summed E-state index contributed by atoms with van der Waals surface area (Å²) >= 11 is 0. The zero-order chi connectivity index (χ0) is 13.3. The number of anilines is 1. The van der Waals surface area contributed by atoms with E-state index in [1.807, 2.05) is 32.0 Å². The van der Waals surface area contributed by atoms with E-state index in [1.165, 1.54) is 12.1 Å². The number of rotatable bonds is 3. The highest BCUT2D eigenvalue weighted by Gasteiger charge is 2.11. The third-order valence-corrected chi connectivity index (χ3v) is 2.62. The van der Waals surface area contributed by atoms with Crippen molar-refractivity contribution in [2.75, 3.05) is 19.0 Å². The number of aromatic nitrogens is 2. The van der Waals surface area contributed by atoms with E-state index in [4.69, 9.17) is 0 Å². The normalized spacial score (nSPS) is 10.4. The summed E-state index contributed by atoms with van der Waals surface area (Å²) in [7, 11) is 3.80. The Hall–Kier alpha value is -2.37. The van der Waals surface area contributed by atoms with Gasteiger partial charge in [0, 0.05) is 38.0 Å². The van der Waals surface area contributed by atoms with Crippen LogP contribution in [0.1, 0.15) is 5.69 Å². The standard InChI is InChI=1S/C12H14N4O2/c1-9-7-12(14(2)3)13-15(9)10-5-4-6-11(8-10)16(17)18/h4-8H,1-3H3. The van der Waals surface area contributed by atoms with E-state index in [0.29, 0.717) is 5.69 Å². The smallest absolute Gasteiger partial charge is 0.271 e. The topological polar surface area (TPSA) is 64.2 Å². The van der Waals surface area contributed by atoms with Crippen LogP contribution in [0.25, 0.3) is 5.69 Å². The van der Waals surface area contributed by atoms with Crippen LogP contribution in [0.4, 0.5) is 11.5 Å². The summed E-state index contributed by atoms with van der Waals surface area (Å²) in [6.07, 6.45) is 0. The van der Waals surface area contributed by atoms with E-state index < -0.39 is 4.92 Å². The summed E-state index contributed by atoms with van der Waals surface area (Å²) in [6, 6.07) is 8.36. The monoisotopic (exact) mass is 246 g/mol. The lowest BCUT2D eigenvalue weighted by molar-refractivity contribution is -0.384. The predicted molar refractivity (Wildman–Crippen MR) is 69.3 cm³/mol. The summed E-state index contributed by atoms with van der Waals surface area (Å²) in [6.45, 7) is 1.92. The molecule has 0 fully saturated rings. The Kier molecular flexibility index (Phi) is 3.01. The van der Waals surface area contributed by atoms with Gasteiger partial charge in [-0.3, -0.25) is 10.1 Å². The van der Waals surface area contributed by atoms with E-state index >= 15 is 0 Å². The van der Waals surface area contributed by atoms with E-state index in [2.05, 4.69) is 5.10 Å². The molecule has 2 rings (SSSR count). The second-order valence-electron chi connectivity index (χ2n) is 4.23. The molecule has 0 N–H and O–H groups in total. The van der Waals surface area contributed by atoms with E-state index in [9.17, 15) is 10.1 Å². The van der Waals surface area contributed by atoms with Crippen molar-refractivity contribution in [1.82, 2.24) is 9.78 Å². The molecule has 0 amide bonds. The van der Waals surface area contributed by atoms with Crippen LogP contribution < -0.4 is 4.90 Å². The molecule has 2 aromatic rings. The maximum atomic E-state index is 10.8. The third-order valence-electron chi connectivity index (χ3n) is 2.62. The van der Waals surface area contributed by atoms with Gasteiger partial charge in [-0.25, -0.2) is 4.68 Å². The Balaban J connectivity index is 2.48. The van der Waals surface area contributed by atoms with Crippen molar-refractivity contribution in [1.29, 1.82) is 0 Å². The molecule has 0 aliphatic heterocycles. The lowest BCUT2D eigenvalue weighted by atomic mass is 10.3. The molecule has 0 unspecified atom stereocenters. The van der Waals surface area contributed by atoms with Gasteiger partial charge in [-0.2, -0.15) is 5.10 Å². The highest BCUT2D eigenvalue weighted by molar-refractivity contribution is 5.46. The van der Waals surface area contributed by atoms with Crippen LogP contribution in [0.15, 0.2) is 30.3 Å². The fourth-order valence-electron chi connectivity index (χ4n) is 1.68. The van der Waals surface area contributed by atoms with Crippen LogP contribution in [0.5, 0.6) is 0 Å². The minimum absolute atomic E-state index is 0.0637. The molecule has 0 atom stereocenters. The predicted octanol–water partition coefficient (Wildman–Crippen LogP) is 2.15. The second kappa shape index (κ2) is 4.48. The van der Waals surface area contributed by atoms with Gasteiger partial charge < -0.3 is 4.90 Å². The molecule has 0 saturated carbocycles. The van der Waals surface area contributed by atoms with Crippen molar-refractivity contribution in [3.05, 3.63) is 46.1 Å². The van der Waals surface area contributed by atoms with Crippen molar-refractivity contribution in [3.8, 4) is 5.69 Å². The van der Waals surface area contributed by atoms with Crippen LogP contribution in [0.3, 0.4) is 0 Å². The van der Waals surface area contributed by atoms with Crippen molar-refractivity contribution in [2.24, 2.45) is 0 Å². The first-order chi connectivity index (χ1) is 8.49. The maximum Gasteiger partial charge on any atom is 0.271 e. The van der Waals surface area contributed by atoms with Crippen LogP contribution in [0.2, 0.25) is 0 Å². The SMILES string of the molecule is Cc1cc(N(C)C)nn1-c1cccc([N+](=O)[O-])c1. The molecule has 0 aliphatic rings. The number of benzene rings is 1. The van der Waals surface area contributed by atoms with Gasteiger partial charge in [-0.05, 0) is 13.0 Å². The Labute approximate surface area is 105 Å². The molecule has 6 nitrogen and oxygen atoms in total. The van der Waals surface area contributed by atoms with Gasteiger partial charge in [-0.1, -0.05) is 6.07 Å². The van der Waals surface area contributed by atoms with Gasteiger partial charge in [0.25, 0.3) is 5.69 Å². The Morgan fingerprint density at radius 1 is 1.33 bits per heavy atom. The quantitative estimate of drug-likeness (QED) is 0.615. The molecule has 0 aliphatic carbocycles. The summed E-state index contributed by atoms with van der Waals surface area (Å²) in [5.74, 6) is 0.819. The molecule has 0 radical (unpaired) electrons. The van der Waals surface area contributed by atoms with Gasteiger partial charge in [0.2, 0.25) is 0 Å². The minimum atomic E-state index is -0.408. The largest absolute Gasteiger partial charge is 0.361 e. The van der Waals surface area contributed by atoms with Gasteiger partial charge >= 0.3 is 0 Å². The summed E-state index contributed by atoms with van der Waals surface area (Å²) in [5, 5.41) is 15.2. The number of hydrogen-bond acceptors (Lipinski definition) is 4. The van der Waals surface area contributed by atoms with Crippen molar-refractivity contribution in [2.45, 2.75) is 6.92 Å². The maximum absolute atomic E-state index is 10.8. The number of nitro groups is 1. The number of nitrogens with zero attached hydrogens (tertiary/aromatic N) is 4. The van der Waals surface area contributed by atoms with E-state index in [1.54, 1.807) is 16.8 Å². The molecule has 0 spiro atoms. The fraction of sp³-hybridized carbons (Fsp3) is 0.250. The van der Waals surface area contributed by atoms with Gasteiger partial charge in [0.15, 0.2) is 5.82 Å². The molecule has 1 aromatic carbocycles. The van der Waals surface area contributed by atoms with Crippen LogP contribution in [0, 0.1) is 17.0 Å². The Morgan fingerprint density at radius 2 is 2.06 bits per heavy atom. The number of non-ortho nitro benzene ring substituents is 1. The van der Waals surface area contributed by atoms with Crippen molar-refractivity contribution in [3.63, 3.8) is 0 Å². The molecule has 0 saturated heterocycles. The molecule has 1 heterocycles. The zero-order valence-corrected chi connectivity index (χ0v) is 10.5. The summed E-state index contributed by atoms with van der Waals surface area (Å²) < 4.78 is 1.70. The Morgan fingerprint density at radius 3 is 2.61 bits per heavy atom. The highest BCUT2D eigenvalue weighted by atomic mass is 16.6. The Bertz CT molecular complexity index is 590.